The smallest absolute Gasteiger partial charge is 0.321 e. The van der Waals surface area contributed by atoms with Crippen LogP contribution < -0.4 is 10.6 Å². The van der Waals surface area contributed by atoms with Crippen LogP contribution in [0.1, 0.15) is 11.4 Å². The lowest BCUT2D eigenvalue weighted by molar-refractivity contribution is -0.138. The second-order valence-electron chi connectivity index (χ2n) is 4.14. The van der Waals surface area contributed by atoms with Crippen molar-refractivity contribution in [2.75, 3.05) is 10.7 Å². The zero-order chi connectivity index (χ0) is 14.9. The summed E-state index contributed by atoms with van der Waals surface area (Å²) in [4.78, 5) is 35.6. The Labute approximate surface area is 122 Å². The first-order chi connectivity index (χ1) is 9.40. The quantitative estimate of drug-likeness (QED) is 0.704. The number of anilines is 1. The number of carbonyl (C=O) groups is 3. The summed E-state index contributed by atoms with van der Waals surface area (Å²) in [5, 5.41) is 16.5. The van der Waals surface area contributed by atoms with Gasteiger partial charge < -0.3 is 10.8 Å². The second kappa shape index (κ2) is 5.85. The number of aryl methyl sites for hydroxylation is 1. The topological polar surface area (TPSA) is 126 Å². The Balaban J connectivity index is 2.04. The third-order valence-electron chi connectivity index (χ3n) is 2.61. The standard InChI is InChI=1S/C10H12N4O4S2/c1-4-12-13-10(20-4)14-7(15)2-6(8(14)16)19-3-5(11)9(17)18/h5-6H,2-3,11H2,1H3,(H,17,18). The summed E-state index contributed by atoms with van der Waals surface area (Å²) in [5.41, 5.74) is 5.37. The summed E-state index contributed by atoms with van der Waals surface area (Å²) in [6.07, 6.45) is 0.0223. The van der Waals surface area contributed by atoms with Crippen LogP contribution >= 0.6 is 23.1 Å². The summed E-state index contributed by atoms with van der Waals surface area (Å²) in [5.74, 6) is -1.81. The Bertz CT molecular complexity index is 561. The van der Waals surface area contributed by atoms with Gasteiger partial charge in [-0.3, -0.25) is 14.4 Å². The molecule has 2 rings (SSSR count). The summed E-state index contributed by atoms with van der Waals surface area (Å²) >= 11 is 2.23. The van der Waals surface area contributed by atoms with E-state index in [1.807, 2.05) is 0 Å². The summed E-state index contributed by atoms with van der Waals surface area (Å²) in [6, 6.07) is -1.05. The normalized spacial score (nSPS) is 20.5. The van der Waals surface area contributed by atoms with Crippen molar-refractivity contribution in [3.8, 4) is 0 Å². The van der Waals surface area contributed by atoms with Crippen LogP contribution in [-0.4, -0.2) is 50.1 Å². The van der Waals surface area contributed by atoms with E-state index < -0.39 is 23.2 Å². The number of hydrogen-bond donors (Lipinski definition) is 2. The second-order valence-corrected chi connectivity index (χ2v) is 6.54. The van der Waals surface area contributed by atoms with Gasteiger partial charge in [0.25, 0.3) is 0 Å². The third-order valence-corrected chi connectivity index (χ3v) is 4.75. The number of carbonyl (C=O) groups excluding carboxylic acids is 2. The van der Waals surface area contributed by atoms with E-state index in [0.29, 0.717) is 5.01 Å². The Hall–Kier alpha value is -1.52. The highest BCUT2D eigenvalue weighted by Gasteiger charge is 2.41. The molecule has 1 fully saturated rings. The average molecular weight is 316 g/mol. The maximum Gasteiger partial charge on any atom is 0.321 e. The fourth-order valence-corrected chi connectivity index (χ4v) is 3.40. The van der Waals surface area contributed by atoms with Crippen molar-refractivity contribution in [1.82, 2.24) is 10.2 Å². The SMILES string of the molecule is Cc1nnc(N2C(=O)CC(SCC(N)C(=O)O)C2=O)s1. The molecule has 1 aromatic heterocycles. The van der Waals surface area contributed by atoms with Crippen LogP contribution in [-0.2, 0) is 14.4 Å². The molecule has 20 heavy (non-hydrogen) atoms. The van der Waals surface area contributed by atoms with Crippen molar-refractivity contribution < 1.29 is 19.5 Å². The molecule has 2 amide bonds. The van der Waals surface area contributed by atoms with Crippen LogP contribution in [0, 0.1) is 6.92 Å². The zero-order valence-electron chi connectivity index (χ0n) is 10.5. The van der Waals surface area contributed by atoms with Crippen molar-refractivity contribution in [3.05, 3.63) is 5.01 Å². The van der Waals surface area contributed by atoms with Crippen LogP contribution in [0.25, 0.3) is 0 Å². The molecule has 2 unspecified atom stereocenters. The van der Waals surface area contributed by atoms with Crippen molar-refractivity contribution in [2.24, 2.45) is 5.73 Å². The fraction of sp³-hybridized carbons (Fsp3) is 0.500. The number of hydrogen-bond acceptors (Lipinski definition) is 8. The number of carboxylic acid groups (broad SMARTS) is 1. The number of nitrogens with zero attached hydrogens (tertiary/aromatic N) is 3. The molecule has 8 nitrogen and oxygen atoms in total. The first-order valence-electron chi connectivity index (χ1n) is 5.67. The maximum absolute atomic E-state index is 12.1. The first kappa shape index (κ1) is 14.9. The van der Waals surface area contributed by atoms with Crippen molar-refractivity contribution in [1.29, 1.82) is 0 Å². The summed E-state index contributed by atoms with van der Waals surface area (Å²) in [7, 11) is 0. The number of nitrogens with two attached hydrogens (primary N) is 1. The lowest BCUT2D eigenvalue weighted by atomic mass is 10.3. The van der Waals surface area contributed by atoms with Crippen LogP contribution in [0.15, 0.2) is 0 Å². The van der Waals surface area contributed by atoms with E-state index in [1.54, 1.807) is 6.92 Å². The van der Waals surface area contributed by atoms with E-state index in [1.165, 1.54) is 0 Å². The average Bonchev–Trinajstić information content (AvgIpc) is 2.90. The van der Waals surface area contributed by atoms with Gasteiger partial charge in [0.15, 0.2) is 0 Å². The van der Waals surface area contributed by atoms with Crippen molar-refractivity contribution in [2.45, 2.75) is 24.6 Å². The van der Waals surface area contributed by atoms with Gasteiger partial charge in [0.05, 0.1) is 5.25 Å². The minimum absolute atomic E-state index is 0.0223. The van der Waals surface area contributed by atoms with E-state index in [-0.39, 0.29) is 23.2 Å². The van der Waals surface area contributed by atoms with Gasteiger partial charge in [-0.2, -0.15) is 0 Å². The van der Waals surface area contributed by atoms with Gasteiger partial charge in [-0.05, 0) is 6.92 Å². The molecule has 2 atom stereocenters. The molecule has 10 heteroatoms. The number of aliphatic carboxylic acids is 1. The van der Waals surface area contributed by atoms with Crippen molar-refractivity contribution >= 4 is 46.0 Å². The van der Waals surface area contributed by atoms with Gasteiger partial charge in [-0.15, -0.1) is 22.0 Å². The lowest BCUT2D eigenvalue weighted by Gasteiger charge is -2.11. The van der Waals surface area contributed by atoms with E-state index >= 15 is 0 Å². The molecular formula is C10H12N4O4S2. The largest absolute Gasteiger partial charge is 0.480 e. The Morgan fingerprint density at radius 1 is 1.60 bits per heavy atom. The predicted octanol–water partition coefficient (Wildman–Crippen LogP) is -0.376. The molecule has 1 saturated heterocycles. The number of rotatable bonds is 5. The predicted molar refractivity (Wildman–Crippen MR) is 73.6 cm³/mol. The molecule has 3 N–H and O–H groups in total. The molecule has 0 bridgehead atoms. The highest BCUT2D eigenvalue weighted by atomic mass is 32.2. The van der Waals surface area contributed by atoms with E-state index in [9.17, 15) is 14.4 Å². The molecule has 1 aliphatic rings. The Kier molecular flexibility index (Phi) is 4.35. The molecule has 0 aromatic carbocycles. The molecule has 0 spiro atoms. The van der Waals surface area contributed by atoms with Gasteiger partial charge in [0, 0.05) is 12.2 Å². The van der Waals surface area contributed by atoms with E-state index in [2.05, 4.69) is 10.2 Å². The highest BCUT2D eigenvalue weighted by Crippen LogP contribution is 2.31. The number of thioether (sulfide) groups is 1. The van der Waals surface area contributed by atoms with Gasteiger partial charge in [-0.1, -0.05) is 11.3 Å². The number of imide groups is 1. The van der Waals surface area contributed by atoms with Crippen LogP contribution in [0.3, 0.4) is 0 Å². The van der Waals surface area contributed by atoms with Crippen LogP contribution in [0.2, 0.25) is 0 Å². The first-order valence-corrected chi connectivity index (χ1v) is 7.53. The van der Waals surface area contributed by atoms with Crippen molar-refractivity contribution in [3.63, 3.8) is 0 Å². The van der Waals surface area contributed by atoms with E-state index in [4.69, 9.17) is 10.8 Å². The maximum atomic E-state index is 12.1. The molecule has 1 aromatic rings. The molecule has 2 heterocycles. The molecule has 0 saturated carbocycles. The molecule has 0 radical (unpaired) electrons. The highest BCUT2D eigenvalue weighted by molar-refractivity contribution is 8.00. The number of aromatic nitrogens is 2. The van der Waals surface area contributed by atoms with Gasteiger partial charge in [-0.25, -0.2) is 4.90 Å². The zero-order valence-corrected chi connectivity index (χ0v) is 12.1. The molecule has 0 aliphatic carbocycles. The van der Waals surface area contributed by atoms with E-state index in [0.717, 1.165) is 28.0 Å². The molecule has 108 valence electrons. The third kappa shape index (κ3) is 2.97. The van der Waals surface area contributed by atoms with Crippen LogP contribution in [0.5, 0.6) is 0 Å². The lowest BCUT2D eigenvalue weighted by Crippen LogP contribution is -2.35. The summed E-state index contributed by atoms with van der Waals surface area (Å²) < 4.78 is 0. The number of carboxylic acids is 1. The Morgan fingerprint density at radius 3 is 2.85 bits per heavy atom. The minimum atomic E-state index is -1.13. The molecule has 1 aliphatic heterocycles. The molecular weight excluding hydrogens is 304 g/mol. The monoisotopic (exact) mass is 316 g/mol. The Morgan fingerprint density at radius 2 is 2.30 bits per heavy atom. The van der Waals surface area contributed by atoms with Crippen LogP contribution in [0.4, 0.5) is 5.13 Å². The number of amides is 2. The van der Waals surface area contributed by atoms with Gasteiger partial charge in [0.1, 0.15) is 11.0 Å². The van der Waals surface area contributed by atoms with Gasteiger partial charge in [0.2, 0.25) is 16.9 Å². The minimum Gasteiger partial charge on any atom is -0.480 e. The van der Waals surface area contributed by atoms with Gasteiger partial charge >= 0.3 is 5.97 Å². The fourth-order valence-electron chi connectivity index (χ4n) is 1.60. The summed E-state index contributed by atoms with van der Waals surface area (Å²) in [6.45, 7) is 1.73.